The molecule has 0 radical (unpaired) electrons. The molecule has 130 valence electrons. The molecule has 1 amide bonds. The van der Waals surface area contributed by atoms with E-state index in [-0.39, 0.29) is 17.8 Å². The number of imidazole rings is 1. The number of aryl methyl sites for hydroxylation is 1. The number of nitrogens with one attached hydrogen (secondary N) is 1. The van der Waals surface area contributed by atoms with Crippen LogP contribution < -0.4 is 5.32 Å². The van der Waals surface area contributed by atoms with Crippen LogP contribution in [0.2, 0.25) is 0 Å². The first kappa shape index (κ1) is 16.5. The van der Waals surface area contributed by atoms with E-state index in [0.29, 0.717) is 43.0 Å². The normalized spacial score (nSPS) is 17.9. The molecule has 1 N–H and O–H groups in total. The van der Waals surface area contributed by atoms with Crippen molar-refractivity contribution >= 4 is 22.9 Å². The standard InChI is InChI=1S/C15H20F2N6O/c1-3-10(24)22-6-5-9(7-22)20-13-11-14(19-8-18-13)23(4-2)15(21-11)12(16)17/h8-9,12H,3-7H2,1-2H3,(H,18,19,20)/t9-/m0/s1. The number of carbonyl (C=O) groups excluding carboxylic acids is 1. The molecule has 1 saturated heterocycles. The Morgan fingerprint density at radius 3 is 2.88 bits per heavy atom. The highest BCUT2D eigenvalue weighted by Gasteiger charge is 2.27. The fraction of sp³-hybridized carbons (Fsp3) is 0.600. The minimum atomic E-state index is -2.67. The number of hydrogen-bond acceptors (Lipinski definition) is 5. The monoisotopic (exact) mass is 338 g/mol. The summed E-state index contributed by atoms with van der Waals surface area (Å²) in [6, 6.07) is 0.0281. The largest absolute Gasteiger partial charge is 0.364 e. The molecule has 0 bridgehead atoms. The van der Waals surface area contributed by atoms with E-state index >= 15 is 0 Å². The third-order valence-corrected chi connectivity index (χ3v) is 4.26. The van der Waals surface area contributed by atoms with Crippen molar-refractivity contribution in [2.75, 3.05) is 18.4 Å². The van der Waals surface area contributed by atoms with Gasteiger partial charge in [-0.2, -0.15) is 0 Å². The molecule has 0 saturated carbocycles. The molecule has 3 heterocycles. The van der Waals surface area contributed by atoms with Gasteiger partial charge in [-0.1, -0.05) is 6.92 Å². The van der Waals surface area contributed by atoms with Gasteiger partial charge in [-0.3, -0.25) is 4.79 Å². The van der Waals surface area contributed by atoms with Crippen LogP contribution in [-0.2, 0) is 11.3 Å². The zero-order valence-corrected chi connectivity index (χ0v) is 13.7. The first-order chi connectivity index (χ1) is 11.5. The van der Waals surface area contributed by atoms with Gasteiger partial charge in [-0.05, 0) is 13.3 Å². The molecule has 7 nitrogen and oxygen atoms in total. The van der Waals surface area contributed by atoms with E-state index in [1.807, 2.05) is 6.92 Å². The summed E-state index contributed by atoms with van der Waals surface area (Å²) in [6.45, 7) is 5.22. The number of halogens is 2. The van der Waals surface area contributed by atoms with Gasteiger partial charge < -0.3 is 14.8 Å². The second-order valence-corrected chi connectivity index (χ2v) is 5.73. The summed E-state index contributed by atoms with van der Waals surface area (Å²) in [5, 5.41) is 3.23. The minimum absolute atomic E-state index is 0.0281. The molecule has 3 rings (SSSR count). The molecule has 9 heteroatoms. The topological polar surface area (TPSA) is 75.9 Å². The summed E-state index contributed by atoms with van der Waals surface area (Å²) in [5.41, 5.74) is 0.736. The summed E-state index contributed by atoms with van der Waals surface area (Å²) in [5.74, 6) is 0.248. The van der Waals surface area contributed by atoms with Crippen molar-refractivity contribution in [1.82, 2.24) is 24.4 Å². The lowest BCUT2D eigenvalue weighted by Crippen LogP contribution is -2.31. The smallest absolute Gasteiger partial charge is 0.295 e. The fourth-order valence-corrected chi connectivity index (χ4v) is 3.06. The average Bonchev–Trinajstić information content (AvgIpc) is 3.18. The van der Waals surface area contributed by atoms with E-state index in [9.17, 15) is 13.6 Å². The number of hydrogen-bond donors (Lipinski definition) is 1. The number of nitrogens with zero attached hydrogens (tertiary/aromatic N) is 5. The quantitative estimate of drug-likeness (QED) is 0.904. The Kier molecular flexibility index (Phi) is 4.59. The molecular formula is C15H20F2N6O. The maximum absolute atomic E-state index is 13.2. The Morgan fingerprint density at radius 2 is 2.21 bits per heavy atom. The molecule has 1 atom stereocenters. The van der Waals surface area contributed by atoms with E-state index in [1.165, 1.54) is 10.9 Å². The van der Waals surface area contributed by atoms with Crippen molar-refractivity contribution in [1.29, 1.82) is 0 Å². The Balaban J connectivity index is 1.87. The minimum Gasteiger partial charge on any atom is -0.364 e. The average molecular weight is 338 g/mol. The molecule has 24 heavy (non-hydrogen) atoms. The molecule has 0 aromatic carbocycles. The summed E-state index contributed by atoms with van der Waals surface area (Å²) in [7, 11) is 0. The molecule has 0 aliphatic carbocycles. The van der Waals surface area contributed by atoms with Crippen LogP contribution >= 0.6 is 0 Å². The third kappa shape index (κ3) is 2.90. The molecule has 2 aromatic rings. The molecule has 1 fully saturated rings. The first-order valence-corrected chi connectivity index (χ1v) is 8.08. The Hall–Kier alpha value is -2.32. The third-order valence-electron chi connectivity index (χ3n) is 4.26. The van der Waals surface area contributed by atoms with E-state index in [4.69, 9.17) is 0 Å². The number of amides is 1. The second kappa shape index (κ2) is 6.66. The summed E-state index contributed by atoms with van der Waals surface area (Å²) >= 11 is 0. The van der Waals surface area contributed by atoms with Crippen molar-refractivity contribution in [3.63, 3.8) is 0 Å². The number of rotatable bonds is 5. The Bertz CT molecular complexity index is 747. The van der Waals surface area contributed by atoms with Gasteiger partial charge in [0.25, 0.3) is 6.43 Å². The van der Waals surface area contributed by atoms with Gasteiger partial charge in [-0.25, -0.2) is 23.7 Å². The van der Waals surface area contributed by atoms with E-state index < -0.39 is 6.43 Å². The highest BCUT2D eigenvalue weighted by Crippen LogP contribution is 2.27. The molecule has 0 spiro atoms. The number of likely N-dealkylation sites (tertiary alicyclic amines) is 1. The zero-order chi connectivity index (χ0) is 17.3. The SMILES string of the molecule is CCC(=O)N1CC[C@H](Nc2ncnc3c2nc(C(F)F)n3CC)C1. The van der Waals surface area contributed by atoms with Crippen molar-refractivity contribution in [2.45, 2.75) is 45.7 Å². The van der Waals surface area contributed by atoms with Crippen LogP contribution in [0.3, 0.4) is 0 Å². The molecule has 1 aliphatic rings. The highest BCUT2D eigenvalue weighted by atomic mass is 19.3. The Morgan fingerprint density at radius 1 is 1.42 bits per heavy atom. The number of fused-ring (bicyclic) bond motifs is 1. The van der Waals surface area contributed by atoms with Crippen molar-refractivity contribution in [3.05, 3.63) is 12.2 Å². The van der Waals surface area contributed by atoms with Crippen LogP contribution in [0.5, 0.6) is 0 Å². The van der Waals surface area contributed by atoms with Crippen LogP contribution in [0.25, 0.3) is 11.2 Å². The maximum Gasteiger partial charge on any atom is 0.295 e. The number of alkyl halides is 2. The lowest BCUT2D eigenvalue weighted by atomic mass is 10.2. The molecule has 1 aliphatic heterocycles. The van der Waals surface area contributed by atoms with Crippen molar-refractivity contribution in [3.8, 4) is 0 Å². The van der Waals surface area contributed by atoms with E-state index in [2.05, 4.69) is 20.3 Å². The highest BCUT2D eigenvalue weighted by molar-refractivity contribution is 5.83. The summed E-state index contributed by atoms with van der Waals surface area (Å²) in [4.78, 5) is 25.9. The number of aromatic nitrogens is 4. The van der Waals surface area contributed by atoms with Crippen molar-refractivity contribution < 1.29 is 13.6 Å². The van der Waals surface area contributed by atoms with Gasteiger partial charge in [0.2, 0.25) is 5.91 Å². The van der Waals surface area contributed by atoms with Gasteiger partial charge in [0.1, 0.15) is 6.33 Å². The molecular weight excluding hydrogens is 318 g/mol. The second-order valence-electron chi connectivity index (χ2n) is 5.73. The summed E-state index contributed by atoms with van der Waals surface area (Å²) < 4.78 is 27.7. The predicted octanol–water partition coefficient (Wildman–Crippen LogP) is 2.21. The van der Waals surface area contributed by atoms with Crippen molar-refractivity contribution in [2.24, 2.45) is 0 Å². The van der Waals surface area contributed by atoms with Gasteiger partial charge in [-0.15, -0.1) is 0 Å². The molecule has 0 unspecified atom stereocenters. The van der Waals surface area contributed by atoms with Gasteiger partial charge in [0, 0.05) is 32.1 Å². The van der Waals surface area contributed by atoms with Gasteiger partial charge in [0.05, 0.1) is 0 Å². The predicted molar refractivity (Wildman–Crippen MR) is 84.9 cm³/mol. The van der Waals surface area contributed by atoms with E-state index in [1.54, 1.807) is 11.8 Å². The fourth-order valence-electron chi connectivity index (χ4n) is 3.06. The van der Waals surface area contributed by atoms with Crippen LogP contribution in [0.1, 0.15) is 38.9 Å². The van der Waals surface area contributed by atoms with Gasteiger partial charge >= 0.3 is 0 Å². The number of anilines is 1. The zero-order valence-electron chi connectivity index (χ0n) is 13.7. The first-order valence-electron chi connectivity index (χ1n) is 8.08. The maximum atomic E-state index is 13.2. The van der Waals surface area contributed by atoms with E-state index in [0.717, 1.165) is 6.42 Å². The number of carbonyl (C=O) groups is 1. The Labute approximate surface area is 138 Å². The summed E-state index contributed by atoms with van der Waals surface area (Å²) in [6.07, 6.45) is -0.0649. The lowest BCUT2D eigenvalue weighted by molar-refractivity contribution is -0.129. The van der Waals surface area contributed by atoms with Crippen LogP contribution in [0, 0.1) is 0 Å². The van der Waals surface area contributed by atoms with Crippen LogP contribution in [0.4, 0.5) is 14.6 Å². The van der Waals surface area contributed by atoms with Crippen LogP contribution in [0.15, 0.2) is 6.33 Å². The van der Waals surface area contributed by atoms with Crippen LogP contribution in [-0.4, -0.2) is 49.5 Å². The van der Waals surface area contributed by atoms with Gasteiger partial charge in [0.15, 0.2) is 22.8 Å². The lowest BCUT2D eigenvalue weighted by Gasteiger charge is -2.16. The molecule has 2 aromatic heterocycles.